The van der Waals surface area contributed by atoms with E-state index in [0.717, 1.165) is 37.9 Å². The summed E-state index contributed by atoms with van der Waals surface area (Å²) in [6, 6.07) is 14.8. The number of likely N-dealkylation sites (tertiary alicyclic amines) is 1. The van der Waals surface area contributed by atoms with Crippen LogP contribution in [0.15, 0.2) is 42.5 Å². The third-order valence-electron chi connectivity index (χ3n) is 5.28. The average molecular weight is 376 g/mol. The first-order valence-electron chi connectivity index (χ1n) is 8.05. The van der Waals surface area contributed by atoms with E-state index >= 15 is 0 Å². The molecule has 0 radical (unpaired) electrons. The van der Waals surface area contributed by atoms with Crippen LogP contribution in [0.1, 0.15) is 35.4 Å². The standard InChI is InChI=1S/C19H21NO2.BrH/c21-18-9-7-14-15-10-11-20(12-13-4-2-1-3-5-13)17(15)8-6-16(14)19(18)22;/h1-5,7,9,15,17,21-22H,6,8,10-12H2;1H/t15-,17+;/m1./s1. The number of hydrogen-bond donors (Lipinski definition) is 2. The Balaban J connectivity index is 0.00000156. The van der Waals surface area contributed by atoms with Crippen molar-refractivity contribution in [2.45, 2.75) is 37.8 Å². The first-order valence-corrected chi connectivity index (χ1v) is 8.05. The molecule has 2 aliphatic rings. The van der Waals surface area contributed by atoms with Crippen molar-refractivity contribution in [3.05, 3.63) is 59.2 Å². The molecular formula is C19H22BrNO2. The summed E-state index contributed by atoms with van der Waals surface area (Å²) in [6.45, 7) is 2.10. The van der Waals surface area contributed by atoms with Gasteiger partial charge in [-0.1, -0.05) is 36.4 Å². The number of phenols is 2. The molecular weight excluding hydrogens is 354 g/mol. The molecule has 1 heterocycles. The molecule has 1 fully saturated rings. The van der Waals surface area contributed by atoms with Gasteiger partial charge < -0.3 is 10.2 Å². The highest BCUT2D eigenvalue weighted by Gasteiger charge is 2.39. The lowest BCUT2D eigenvalue weighted by atomic mass is 9.79. The van der Waals surface area contributed by atoms with Gasteiger partial charge in [-0.2, -0.15) is 0 Å². The zero-order valence-electron chi connectivity index (χ0n) is 13.0. The highest BCUT2D eigenvalue weighted by atomic mass is 79.9. The smallest absolute Gasteiger partial charge is 0.160 e. The predicted octanol–water partition coefficient (Wildman–Crippen LogP) is 3.98. The largest absolute Gasteiger partial charge is 0.504 e. The number of halogens is 1. The molecule has 0 amide bonds. The molecule has 122 valence electrons. The van der Waals surface area contributed by atoms with Crippen LogP contribution in [0.4, 0.5) is 0 Å². The van der Waals surface area contributed by atoms with Gasteiger partial charge in [0.15, 0.2) is 11.5 Å². The molecule has 2 aromatic carbocycles. The van der Waals surface area contributed by atoms with Crippen LogP contribution in [-0.4, -0.2) is 27.7 Å². The Labute approximate surface area is 147 Å². The lowest BCUT2D eigenvalue weighted by Crippen LogP contribution is -2.34. The third-order valence-corrected chi connectivity index (χ3v) is 5.28. The molecule has 0 aromatic heterocycles. The molecule has 0 bridgehead atoms. The fraction of sp³-hybridized carbons (Fsp3) is 0.368. The molecule has 4 heteroatoms. The van der Waals surface area contributed by atoms with E-state index in [1.165, 1.54) is 11.1 Å². The van der Waals surface area contributed by atoms with Crippen molar-refractivity contribution in [1.82, 2.24) is 4.90 Å². The number of nitrogens with zero attached hydrogens (tertiary/aromatic N) is 1. The second kappa shape index (κ2) is 6.54. The average Bonchev–Trinajstić information content (AvgIpc) is 2.95. The van der Waals surface area contributed by atoms with Gasteiger partial charge in [-0.25, -0.2) is 0 Å². The minimum Gasteiger partial charge on any atom is -0.504 e. The van der Waals surface area contributed by atoms with Crippen molar-refractivity contribution in [2.24, 2.45) is 0 Å². The SMILES string of the molecule is Br.Oc1ccc2c(c1O)CC[C@H]1[C@@H]2CCN1Cc1ccccc1. The van der Waals surface area contributed by atoms with Gasteiger partial charge in [0, 0.05) is 24.1 Å². The van der Waals surface area contributed by atoms with Gasteiger partial charge in [0.25, 0.3) is 0 Å². The Morgan fingerprint density at radius 2 is 1.78 bits per heavy atom. The Hall–Kier alpha value is -1.52. The highest BCUT2D eigenvalue weighted by molar-refractivity contribution is 8.93. The second-order valence-electron chi connectivity index (χ2n) is 6.46. The molecule has 0 unspecified atom stereocenters. The molecule has 1 aliphatic carbocycles. The summed E-state index contributed by atoms with van der Waals surface area (Å²) in [4.78, 5) is 2.58. The molecule has 2 atom stereocenters. The quantitative estimate of drug-likeness (QED) is 0.780. The van der Waals surface area contributed by atoms with Crippen LogP contribution in [0.5, 0.6) is 11.5 Å². The van der Waals surface area contributed by atoms with Gasteiger partial charge in [-0.05, 0) is 43.0 Å². The van der Waals surface area contributed by atoms with E-state index in [9.17, 15) is 10.2 Å². The number of benzene rings is 2. The van der Waals surface area contributed by atoms with Crippen molar-refractivity contribution >= 4 is 17.0 Å². The van der Waals surface area contributed by atoms with Crippen LogP contribution in [0.3, 0.4) is 0 Å². The molecule has 23 heavy (non-hydrogen) atoms. The van der Waals surface area contributed by atoms with Crippen molar-refractivity contribution in [2.75, 3.05) is 6.54 Å². The fourth-order valence-corrected chi connectivity index (χ4v) is 4.22. The van der Waals surface area contributed by atoms with E-state index in [1.54, 1.807) is 6.07 Å². The molecule has 4 rings (SSSR count). The van der Waals surface area contributed by atoms with Crippen LogP contribution in [0.25, 0.3) is 0 Å². The summed E-state index contributed by atoms with van der Waals surface area (Å²) in [6.07, 6.45) is 3.04. The van der Waals surface area contributed by atoms with Crippen LogP contribution >= 0.6 is 17.0 Å². The molecule has 2 aromatic rings. The van der Waals surface area contributed by atoms with Gasteiger partial charge in [0.1, 0.15) is 0 Å². The zero-order valence-corrected chi connectivity index (χ0v) is 14.7. The van der Waals surface area contributed by atoms with E-state index in [4.69, 9.17) is 0 Å². The maximum atomic E-state index is 10.1. The van der Waals surface area contributed by atoms with Crippen molar-refractivity contribution in [3.63, 3.8) is 0 Å². The minimum absolute atomic E-state index is 0. The number of hydrogen-bond acceptors (Lipinski definition) is 3. The summed E-state index contributed by atoms with van der Waals surface area (Å²) in [5, 5.41) is 19.8. The first-order chi connectivity index (χ1) is 10.7. The first kappa shape index (κ1) is 16.3. The second-order valence-corrected chi connectivity index (χ2v) is 6.46. The van der Waals surface area contributed by atoms with Gasteiger partial charge in [-0.15, -0.1) is 17.0 Å². The topological polar surface area (TPSA) is 43.7 Å². The Morgan fingerprint density at radius 3 is 2.57 bits per heavy atom. The van der Waals surface area contributed by atoms with Gasteiger partial charge in [-0.3, -0.25) is 4.90 Å². The predicted molar refractivity (Wildman–Crippen MR) is 96.4 cm³/mol. The van der Waals surface area contributed by atoms with E-state index in [2.05, 4.69) is 35.2 Å². The molecule has 1 saturated heterocycles. The summed E-state index contributed by atoms with van der Waals surface area (Å²) >= 11 is 0. The highest BCUT2D eigenvalue weighted by Crippen LogP contribution is 2.46. The number of rotatable bonds is 2. The van der Waals surface area contributed by atoms with Crippen LogP contribution in [0, 0.1) is 0 Å². The van der Waals surface area contributed by atoms with Crippen LogP contribution < -0.4 is 0 Å². The van der Waals surface area contributed by atoms with Crippen LogP contribution in [-0.2, 0) is 13.0 Å². The van der Waals surface area contributed by atoms with Crippen molar-refractivity contribution in [1.29, 1.82) is 0 Å². The minimum atomic E-state index is 0. The number of phenolic OH excluding ortho intramolecular Hbond substituents is 2. The van der Waals surface area contributed by atoms with Gasteiger partial charge in [0.05, 0.1) is 0 Å². The van der Waals surface area contributed by atoms with Crippen LogP contribution in [0.2, 0.25) is 0 Å². The van der Waals surface area contributed by atoms with Gasteiger partial charge in [0.2, 0.25) is 0 Å². The van der Waals surface area contributed by atoms with Crippen molar-refractivity contribution < 1.29 is 10.2 Å². The fourth-order valence-electron chi connectivity index (χ4n) is 4.22. The summed E-state index contributed by atoms with van der Waals surface area (Å²) in [5.74, 6) is 0.591. The maximum Gasteiger partial charge on any atom is 0.160 e. The molecule has 2 N–H and O–H groups in total. The van der Waals surface area contributed by atoms with E-state index in [-0.39, 0.29) is 28.5 Å². The Bertz CT molecular complexity index is 689. The normalized spacial score (nSPS) is 23.0. The lowest BCUT2D eigenvalue weighted by molar-refractivity contribution is 0.218. The summed E-state index contributed by atoms with van der Waals surface area (Å²) in [7, 11) is 0. The molecule has 0 saturated carbocycles. The molecule has 1 aliphatic heterocycles. The van der Waals surface area contributed by atoms with Crippen molar-refractivity contribution in [3.8, 4) is 11.5 Å². The van der Waals surface area contributed by atoms with Gasteiger partial charge >= 0.3 is 0 Å². The summed E-state index contributed by atoms with van der Waals surface area (Å²) in [5.41, 5.74) is 3.56. The van der Waals surface area contributed by atoms with E-state index in [1.807, 2.05) is 6.07 Å². The molecule has 0 spiro atoms. The summed E-state index contributed by atoms with van der Waals surface area (Å²) < 4.78 is 0. The molecule has 3 nitrogen and oxygen atoms in total. The van der Waals surface area contributed by atoms with E-state index < -0.39 is 0 Å². The lowest BCUT2D eigenvalue weighted by Gasteiger charge is -2.33. The van der Waals surface area contributed by atoms with E-state index in [0.29, 0.717) is 12.0 Å². The Morgan fingerprint density at radius 1 is 1.00 bits per heavy atom. The number of aromatic hydroxyl groups is 2. The Kier molecular flexibility index (Phi) is 4.64. The maximum absolute atomic E-state index is 10.1. The third kappa shape index (κ3) is 2.86. The monoisotopic (exact) mass is 375 g/mol. The zero-order chi connectivity index (χ0) is 15.1. The number of fused-ring (bicyclic) bond motifs is 3.